The Bertz CT molecular complexity index is 315. The van der Waals surface area contributed by atoms with E-state index < -0.39 is 0 Å². The Hall–Kier alpha value is -1.75. The number of anilines is 1. The quantitative estimate of drug-likeness (QED) is 0.634. The van der Waals surface area contributed by atoms with Crippen molar-refractivity contribution < 1.29 is 14.6 Å². The average molecular weight is 196 g/mol. The van der Waals surface area contributed by atoms with Crippen molar-refractivity contribution in [1.82, 2.24) is 5.32 Å². The van der Waals surface area contributed by atoms with E-state index in [1.165, 1.54) is 19.2 Å². The summed E-state index contributed by atoms with van der Waals surface area (Å²) in [7, 11) is 1.48. The summed E-state index contributed by atoms with van der Waals surface area (Å²) in [6.07, 6.45) is 0. The van der Waals surface area contributed by atoms with Crippen LogP contribution in [0, 0.1) is 0 Å². The van der Waals surface area contributed by atoms with E-state index in [-0.39, 0.29) is 18.5 Å². The van der Waals surface area contributed by atoms with Gasteiger partial charge in [0.15, 0.2) is 0 Å². The summed E-state index contributed by atoms with van der Waals surface area (Å²) < 4.78 is 4.65. The van der Waals surface area contributed by atoms with E-state index in [9.17, 15) is 4.79 Å². The van der Waals surface area contributed by atoms with Crippen LogP contribution in [0.2, 0.25) is 0 Å². The molecular formula is C9H12N2O3. The van der Waals surface area contributed by atoms with E-state index in [1.807, 2.05) is 0 Å². The van der Waals surface area contributed by atoms with Crippen molar-refractivity contribution in [2.75, 3.05) is 19.2 Å². The monoisotopic (exact) mass is 196 g/mol. The van der Waals surface area contributed by atoms with Crippen molar-refractivity contribution in [2.45, 2.75) is 0 Å². The third-order valence-electron chi connectivity index (χ3n) is 1.48. The standard InChI is InChI=1S/C9H12N2O3/c1-14-6-10-9(13)11-7-3-2-4-8(12)5-7/h2-5,12H,6H2,1H3,(H2,10,11,13). The van der Waals surface area contributed by atoms with Crippen LogP contribution >= 0.6 is 0 Å². The minimum absolute atomic E-state index is 0.106. The number of phenolic OH excluding ortho intramolecular Hbond substituents is 1. The number of hydrogen-bond donors (Lipinski definition) is 3. The molecule has 3 N–H and O–H groups in total. The Kier molecular flexibility index (Phi) is 3.75. The molecule has 0 atom stereocenters. The van der Waals surface area contributed by atoms with E-state index in [1.54, 1.807) is 12.1 Å². The van der Waals surface area contributed by atoms with Crippen molar-refractivity contribution in [1.29, 1.82) is 0 Å². The molecular weight excluding hydrogens is 184 g/mol. The molecule has 0 aliphatic rings. The Labute approximate surface area is 81.7 Å². The molecule has 0 aromatic heterocycles. The lowest BCUT2D eigenvalue weighted by molar-refractivity contribution is 0.177. The highest BCUT2D eigenvalue weighted by Crippen LogP contribution is 2.14. The van der Waals surface area contributed by atoms with Gasteiger partial charge in [0, 0.05) is 18.9 Å². The third kappa shape index (κ3) is 3.32. The minimum atomic E-state index is -0.377. The van der Waals surface area contributed by atoms with E-state index >= 15 is 0 Å². The molecule has 0 bridgehead atoms. The molecule has 5 nitrogen and oxygen atoms in total. The fourth-order valence-corrected chi connectivity index (χ4v) is 0.897. The number of ether oxygens (including phenoxy) is 1. The molecule has 1 rings (SSSR count). The number of urea groups is 1. The zero-order chi connectivity index (χ0) is 10.4. The van der Waals surface area contributed by atoms with Gasteiger partial charge in [0.05, 0.1) is 0 Å². The second-order valence-electron chi connectivity index (χ2n) is 2.61. The number of aromatic hydroxyl groups is 1. The molecule has 76 valence electrons. The number of phenols is 1. The predicted molar refractivity (Wildman–Crippen MR) is 52.1 cm³/mol. The molecule has 5 heteroatoms. The number of amides is 2. The van der Waals surface area contributed by atoms with Crippen LogP contribution < -0.4 is 10.6 Å². The van der Waals surface area contributed by atoms with Gasteiger partial charge in [0.1, 0.15) is 12.5 Å². The summed E-state index contributed by atoms with van der Waals surface area (Å²) >= 11 is 0. The van der Waals surface area contributed by atoms with Crippen LogP contribution in [0.25, 0.3) is 0 Å². The molecule has 0 unspecified atom stereocenters. The molecule has 14 heavy (non-hydrogen) atoms. The summed E-state index contributed by atoms with van der Waals surface area (Å²) in [5.41, 5.74) is 0.526. The molecule has 2 amide bonds. The first-order valence-electron chi connectivity index (χ1n) is 4.05. The van der Waals surface area contributed by atoms with E-state index in [0.29, 0.717) is 5.69 Å². The highest BCUT2D eigenvalue weighted by Gasteiger charge is 2.00. The largest absolute Gasteiger partial charge is 0.508 e. The maximum Gasteiger partial charge on any atom is 0.321 e. The number of rotatable bonds is 3. The van der Waals surface area contributed by atoms with Crippen LogP contribution in [0.4, 0.5) is 10.5 Å². The van der Waals surface area contributed by atoms with Crippen LogP contribution in [0.3, 0.4) is 0 Å². The summed E-state index contributed by atoms with van der Waals surface area (Å²) in [6, 6.07) is 5.91. The van der Waals surface area contributed by atoms with Crippen LogP contribution in [0.15, 0.2) is 24.3 Å². The minimum Gasteiger partial charge on any atom is -0.508 e. The topological polar surface area (TPSA) is 70.6 Å². The van der Waals surface area contributed by atoms with Gasteiger partial charge in [-0.2, -0.15) is 0 Å². The van der Waals surface area contributed by atoms with Crippen LogP contribution in [-0.2, 0) is 4.74 Å². The van der Waals surface area contributed by atoms with E-state index in [2.05, 4.69) is 15.4 Å². The fourth-order valence-electron chi connectivity index (χ4n) is 0.897. The number of carbonyl (C=O) groups excluding carboxylic acids is 1. The molecule has 0 heterocycles. The van der Waals surface area contributed by atoms with Crippen LogP contribution in [0.5, 0.6) is 5.75 Å². The van der Waals surface area contributed by atoms with E-state index in [0.717, 1.165) is 0 Å². The second-order valence-corrected chi connectivity index (χ2v) is 2.61. The van der Waals surface area contributed by atoms with Gasteiger partial charge in [-0.15, -0.1) is 0 Å². The highest BCUT2D eigenvalue weighted by atomic mass is 16.5. The van der Waals surface area contributed by atoms with Gasteiger partial charge in [-0.3, -0.25) is 0 Å². The van der Waals surface area contributed by atoms with Crippen LogP contribution in [-0.4, -0.2) is 25.0 Å². The molecule has 0 spiro atoms. The van der Waals surface area contributed by atoms with Gasteiger partial charge in [-0.25, -0.2) is 4.79 Å². The van der Waals surface area contributed by atoms with Crippen molar-refractivity contribution in [3.8, 4) is 5.75 Å². The number of carbonyl (C=O) groups is 1. The maximum absolute atomic E-state index is 11.1. The second kappa shape index (κ2) is 5.08. The predicted octanol–water partition coefficient (Wildman–Crippen LogP) is 1.12. The molecule has 0 saturated carbocycles. The molecule has 0 radical (unpaired) electrons. The lowest BCUT2D eigenvalue weighted by Gasteiger charge is -2.06. The first-order valence-corrected chi connectivity index (χ1v) is 4.05. The number of hydrogen-bond acceptors (Lipinski definition) is 3. The molecule has 0 aliphatic heterocycles. The first-order chi connectivity index (χ1) is 6.72. The van der Waals surface area contributed by atoms with Gasteiger partial charge in [0.2, 0.25) is 0 Å². The van der Waals surface area contributed by atoms with Gasteiger partial charge < -0.3 is 20.5 Å². The normalized spacial score (nSPS) is 9.50. The van der Waals surface area contributed by atoms with E-state index in [4.69, 9.17) is 5.11 Å². The zero-order valence-electron chi connectivity index (χ0n) is 7.78. The lowest BCUT2D eigenvalue weighted by atomic mass is 10.3. The van der Waals surface area contributed by atoms with Crippen LogP contribution in [0.1, 0.15) is 0 Å². The number of nitrogens with one attached hydrogen (secondary N) is 2. The molecule has 0 saturated heterocycles. The van der Waals surface area contributed by atoms with Crippen molar-refractivity contribution in [2.24, 2.45) is 0 Å². The first kappa shape index (κ1) is 10.3. The SMILES string of the molecule is COCNC(=O)Nc1cccc(O)c1. The van der Waals surface area contributed by atoms with Gasteiger partial charge >= 0.3 is 6.03 Å². The fraction of sp³-hybridized carbons (Fsp3) is 0.222. The van der Waals surface area contributed by atoms with Crippen molar-refractivity contribution in [3.05, 3.63) is 24.3 Å². The summed E-state index contributed by atoms with van der Waals surface area (Å²) in [5, 5.41) is 14.1. The van der Waals surface area contributed by atoms with Gasteiger partial charge in [0.25, 0.3) is 0 Å². The summed E-state index contributed by atoms with van der Waals surface area (Å²) in [5.74, 6) is 0.106. The third-order valence-corrected chi connectivity index (χ3v) is 1.48. The Morgan fingerprint density at radius 3 is 3.00 bits per heavy atom. The summed E-state index contributed by atoms with van der Waals surface area (Å²) in [4.78, 5) is 11.1. The Morgan fingerprint density at radius 1 is 1.57 bits per heavy atom. The lowest BCUT2D eigenvalue weighted by Crippen LogP contribution is -2.30. The van der Waals surface area contributed by atoms with Crippen molar-refractivity contribution >= 4 is 11.7 Å². The smallest absolute Gasteiger partial charge is 0.321 e. The number of methoxy groups -OCH3 is 1. The molecule has 0 fully saturated rings. The Morgan fingerprint density at radius 2 is 2.36 bits per heavy atom. The molecule has 0 aliphatic carbocycles. The molecule has 1 aromatic rings. The Balaban J connectivity index is 2.47. The van der Waals surface area contributed by atoms with Gasteiger partial charge in [-0.05, 0) is 12.1 Å². The number of benzene rings is 1. The maximum atomic E-state index is 11.1. The zero-order valence-corrected chi connectivity index (χ0v) is 7.78. The summed E-state index contributed by atoms with van der Waals surface area (Å²) in [6.45, 7) is 0.144. The molecule has 1 aromatic carbocycles. The van der Waals surface area contributed by atoms with Crippen molar-refractivity contribution in [3.63, 3.8) is 0 Å². The average Bonchev–Trinajstić information content (AvgIpc) is 2.15. The van der Waals surface area contributed by atoms with Gasteiger partial charge in [-0.1, -0.05) is 6.07 Å². The highest BCUT2D eigenvalue weighted by molar-refractivity contribution is 5.89.